The van der Waals surface area contributed by atoms with E-state index in [0.717, 1.165) is 6.07 Å². The van der Waals surface area contributed by atoms with Gasteiger partial charge in [0.25, 0.3) is 5.91 Å². The van der Waals surface area contributed by atoms with Crippen LogP contribution in [0.4, 0.5) is 24.8 Å². The van der Waals surface area contributed by atoms with Gasteiger partial charge in [-0.1, -0.05) is 36.4 Å². The third-order valence-corrected chi connectivity index (χ3v) is 5.40. The highest BCUT2D eigenvalue weighted by Crippen LogP contribution is 2.40. The molecule has 1 amide bonds. The van der Waals surface area contributed by atoms with Crippen LogP contribution in [0.2, 0.25) is 0 Å². The Labute approximate surface area is 194 Å². The van der Waals surface area contributed by atoms with Crippen molar-refractivity contribution in [2.24, 2.45) is 0 Å². The zero-order chi connectivity index (χ0) is 24.3. The van der Waals surface area contributed by atoms with Gasteiger partial charge in [-0.2, -0.15) is 13.2 Å². The smallest absolute Gasteiger partial charge is 0.383 e. The Morgan fingerprint density at radius 2 is 1.82 bits per heavy atom. The molecule has 9 heteroatoms. The minimum Gasteiger partial charge on any atom is -0.383 e. The summed E-state index contributed by atoms with van der Waals surface area (Å²) >= 11 is 0. The van der Waals surface area contributed by atoms with Gasteiger partial charge in [-0.3, -0.25) is 4.79 Å². The number of amides is 1. The Morgan fingerprint density at radius 1 is 1.06 bits per heavy atom. The molecule has 34 heavy (non-hydrogen) atoms. The van der Waals surface area contributed by atoms with Crippen LogP contribution in [0.3, 0.4) is 0 Å². The van der Waals surface area contributed by atoms with Gasteiger partial charge in [-0.25, -0.2) is 4.98 Å². The van der Waals surface area contributed by atoms with Gasteiger partial charge in [-0.05, 0) is 41.5 Å². The van der Waals surface area contributed by atoms with E-state index in [0.29, 0.717) is 41.4 Å². The van der Waals surface area contributed by atoms with Crippen molar-refractivity contribution in [2.75, 3.05) is 26.1 Å². The molecule has 0 unspecified atom stereocenters. The van der Waals surface area contributed by atoms with Crippen LogP contribution < -0.4 is 10.6 Å². The first-order valence-corrected chi connectivity index (χ1v) is 10.6. The number of hydrogen-bond donors (Lipinski definition) is 2. The molecular formula is C25H23F3N4O2. The Kier molecular flexibility index (Phi) is 6.56. The molecule has 1 heterocycles. The van der Waals surface area contributed by atoms with Crippen molar-refractivity contribution in [1.29, 1.82) is 0 Å². The predicted octanol–water partition coefficient (Wildman–Crippen LogP) is 5.47. The number of carbonyl (C=O) groups is 1. The summed E-state index contributed by atoms with van der Waals surface area (Å²) in [5, 5.41) is 5.71. The van der Waals surface area contributed by atoms with E-state index < -0.39 is 11.7 Å². The molecule has 1 aromatic heterocycles. The summed E-state index contributed by atoms with van der Waals surface area (Å²) in [5.74, 6) is 0.0956. The minimum absolute atomic E-state index is 0.0762. The van der Waals surface area contributed by atoms with Crippen molar-refractivity contribution in [3.63, 3.8) is 0 Å². The number of alkyl halides is 3. The van der Waals surface area contributed by atoms with E-state index in [1.165, 1.54) is 13.1 Å². The Balaban J connectivity index is 1.87. The Morgan fingerprint density at radius 3 is 2.50 bits per heavy atom. The second-order valence-corrected chi connectivity index (χ2v) is 7.62. The van der Waals surface area contributed by atoms with Gasteiger partial charge in [0.2, 0.25) is 5.95 Å². The number of carbonyl (C=O) groups excluding carboxylic acids is 1. The molecule has 0 aliphatic heterocycles. The van der Waals surface area contributed by atoms with Crippen LogP contribution >= 0.6 is 0 Å². The van der Waals surface area contributed by atoms with Crippen molar-refractivity contribution in [1.82, 2.24) is 14.9 Å². The molecular weight excluding hydrogens is 445 g/mol. The lowest BCUT2D eigenvalue weighted by molar-refractivity contribution is -0.137. The van der Waals surface area contributed by atoms with E-state index in [1.54, 1.807) is 66.3 Å². The van der Waals surface area contributed by atoms with Gasteiger partial charge in [0.15, 0.2) is 0 Å². The van der Waals surface area contributed by atoms with E-state index in [1.807, 2.05) is 0 Å². The van der Waals surface area contributed by atoms with Crippen molar-refractivity contribution >= 4 is 28.6 Å². The van der Waals surface area contributed by atoms with E-state index >= 15 is 0 Å². The molecule has 4 aromatic rings. The number of ether oxygens (including phenoxy) is 1. The molecule has 0 aliphatic carbocycles. The van der Waals surface area contributed by atoms with Crippen LogP contribution in [0.15, 0.2) is 66.7 Å². The van der Waals surface area contributed by atoms with E-state index in [2.05, 4.69) is 15.6 Å². The highest BCUT2D eigenvalue weighted by Gasteiger charge is 2.35. The number of aromatic nitrogens is 2. The van der Waals surface area contributed by atoms with E-state index in [-0.39, 0.29) is 17.0 Å². The molecule has 0 fully saturated rings. The summed E-state index contributed by atoms with van der Waals surface area (Å²) in [7, 11) is 3.09. The molecule has 0 bridgehead atoms. The average Bonchev–Trinajstić information content (AvgIpc) is 3.17. The summed E-state index contributed by atoms with van der Waals surface area (Å²) in [4.78, 5) is 16.4. The number of nitrogens with one attached hydrogen (secondary N) is 2. The first-order valence-electron chi connectivity index (χ1n) is 10.6. The summed E-state index contributed by atoms with van der Waals surface area (Å²) in [5.41, 5.74) is 1.54. The van der Waals surface area contributed by atoms with Crippen LogP contribution in [-0.2, 0) is 17.5 Å². The van der Waals surface area contributed by atoms with Crippen LogP contribution in [-0.4, -0.2) is 36.2 Å². The SMILES string of the molecule is CNC(=O)c1cccc(Nc2nc3cc(C(F)(F)F)c(-c4ccccc4)cc3n2CCOC)c1. The molecule has 2 N–H and O–H groups in total. The number of fused-ring (bicyclic) bond motifs is 1. The maximum atomic E-state index is 14.0. The molecule has 3 aromatic carbocycles. The largest absolute Gasteiger partial charge is 0.417 e. The highest BCUT2D eigenvalue weighted by molar-refractivity contribution is 5.95. The second-order valence-electron chi connectivity index (χ2n) is 7.62. The van der Waals surface area contributed by atoms with Crippen molar-refractivity contribution in [3.8, 4) is 11.1 Å². The van der Waals surface area contributed by atoms with Gasteiger partial charge >= 0.3 is 6.18 Å². The summed E-state index contributed by atoms with van der Waals surface area (Å²) in [6, 6.07) is 17.8. The Bertz CT molecular complexity index is 1320. The fourth-order valence-corrected chi connectivity index (χ4v) is 3.78. The molecule has 0 atom stereocenters. The fourth-order valence-electron chi connectivity index (χ4n) is 3.78. The molecule has 4 rings (SSSR count). The van der Waals surface area contributed by atoms with Gasteiger partial charge < -0.3 is 19.9 Å². The number of anilines is 2. The molecule has 0 radical (unpaired) electrons. The van der Waals surface area contributed by atoms with E-state index in [9.17, 15) is 18.0 Å². The first kappa shape index (κ1) is 23.3. The number of benzene rings is 3. The number of hydrogen-bond acceptors (Lipinski definition) is 4. The third-order valence-electron chi connectivity index (χ3n) is 5.40. The lowest BCUT2D eigenvalue weighted by Crippen LogP contribution is -2.17. The predicted molar refractivity (Wildman–Crippen MR) is 125 cm³/mol. The number of nitrogens with zero attached hydrogens (tertiary/aromatic N) is 2. The summed E-state index contributed by atoms with van der Waals surface area (Å²) in [6.07, 6.45) is -4.55. The second kappa shape index (κ2) is 9.56. The van der Waals surface area contributed by atoms with Crippen molar-refractivity contribution in [3.05, 3.63) is 77.9 Å². The lowest BCUT2D eigenvalue weighted by atomic mass is 9.98. The molecule has 0 saturated heterocycles. The van der Waals surface area contributed by atoms with Crippen LogP contribution in [0.25, 0.3) is 22.2 Å². The zero-order valence-electron chi connectivity index (χ0n) is 18.6. The van der Waals surface area contributed by atoms with E-state index in [4.69, 9.17) is 4.74 Å². The number of halogens is 3. The first-order chi connectivity index (χ1) is 16.3. The van der Waals surface area contributed by atoms with Gasteiger partial charge in [0.05, 0.1) is 23.2 Å². The number of methoxy groups -OCH3 is 1. The average molecular weight is 468 g/mol. The normalized spacial score (nSPS) is 11.6. The standard InChI is InChI=1S/C25H23F3N4O2/c1-29-23(33)17-9-6-10-18(13-17)30-24-31-21-15-20(25(26,27)28)19(16-7-4-3-5-8-16)14-22(21)32(24)11-12-34-2/h3-10,13-15H,11-12H2,1-2H3,(H,29,33)(H,30,31). The topological polar surface area (TPSA) is 68.2 Å². The Hall–Kier alpha value is -3.85. The summed E-state index contributed by atoms with van der Waals surface area (Å²) in [6.45, 7) is 0.699. The monoisotopic (exact) mass is 468 g/mol. The maximum Gasteiger partial charge on any atom is 0.417 e. The maximum absolute atomic E-state index is 14.0. The zero-order valence-corrected chi connectivity index (χ0v) is 18.6. The lowest BCUT2D eigenvalue weighted by Gasteiger charge is -2.15. The third kappa shape index (κ3) is 4.74. The number of rotatable bonds is 7. The minimum atomic E-state index is -4.55. The van der Waals surface area contributed by atoms with Gasteiger partial charge in [0.1, 0.15) is 0 Å². The molecule has 0 saturated carbocycles. The molecule has 6 nitrogen and oxygen atoms in total. The van der Waals surface area contributed by atoms with Gasteiger partial charge in [-0.15, -0.1) is 0 Å². The molecule has 176 valence electrons. The van der Waals surface area contributed by atoms with Crippen molar-refractivity contribution in [2.45, 2.75) is 12.7 Å². The number of imidazole rings is 1. The van der Waals surface area contributed by atoms with Gasteiger partial charge in [0, 0.05) is 32.0 Å². The van der Waals surface area contributed by atoms with Crippen molar-refractivity contribution < 1.29 is 22.7 Å². The fraction of sp³-hybridized carbons (Fsp3) is 0.200. The molecule has 0 spiro atoms. The van der Waals surface area contributed by atoms with Crippen LogP contribution in [0.1, 0.15) is 15.9 Å². The van der Waals surface area contributed by atoms with Crippen LogP contribution in [0, 0.1) is 0 Å². The highest BCUT2D eigenvalue weighted by atomic mass is 19.4. The molecule has 0 aliphatic rings. The summed E-state index contributed by atoms with van der Waals surface area (Å²) < 4.78 is 48.9. The quantitative estimate of drug-likeness (QED) is 0.377. The van der Waals surface area contributed by atoms with Crippen LogP contribution in [0.5, 0.6) is 0 Å².